The molecule has 29 heavy (non-hydrogen) atoms. The number of rotatable bonds is 2. The van der Waals surface area contributed by atoms with Crippen molar-refractivity contribution in [1.29, 1.82) is 0 Å². The van der Waals surface area contributed by atoms with Crippen LogP contribution in [0.25, 0.3) is 33.1 Å². The van der Waals surface area contributed by atoms with E-state index in [2.05, 4.69) is 15.1 Å². The summed E-state index contributed by atoms with van der Waals surface area (Å²) in [6, 6.07) is 10.8. The van der Waals surface area contributed by atoms with Gasteiger partial charge in [0.2, 0.25) is 5.82 Å². The van der Waals surface area contributed by atoms with Crippen molar-refractivity contribution in [2.75, 3.05) is 0 Å². The van der Waals surface area contributed by atoms with Crippen LogP contribution in [0.1, 0.15) is 35.0 Å². The molecule has 4 aromatic rings. The van der Waals surface area contributed by atoms with E-state index in [1.54, 1.807) is 18.2 Å². The second-order valence-electron chi connectivity index (χ2n) is 7.00. The number of fused-ring (bicyclic) bond motifs is 2. The van der Waals surface area contributed by atoms with E-state index in [4.69, 9.17) is 10.3 Å². The first kappa shape index (κ1) is 18.3. The summed E-state index contributed by atoms with van der Waals surface area (Å²) in [6.45, 7) is 0. The van der Waals surface area contributed by atoms with Gasteiger partial charge in [-0.25, -0.2) is 4.98 Å². The topological polar surface area (TPSA) is 77.8 Å². The number of para-hydroxylation sites is 1. The summed E-state index contributed by atoms with van der Waals surface area (Å²) < 4.78 is 44.9. The fraction of sp³-hybridized carbons (Fsp3) is 0.250. The van der Waals surface area contributed by atoms with Crippen molar-refractivity contribution in [2.24, 2.45) is 5.73 Å². The molecule has 1 aliphatic rings. The Morgan fingerprint density at radius 2 is 2.00 bits per heavy atom. The van der Waals surface area contributed by atoms with Gasteiger partial charge in [-0.2, -0.15) is 18.2 Å². The van der Waals surface area contributed by atoms with Crippen LogP contribution in [0.3, 0.4) is 0 Å². The molecule has 0 bridgehead atoms. The Morgan fingerprint density at radius 3 is 2.83 bits per heavy atom. The van der Waals surface area contributed by atoms with Gasteiger partial charge in [-0.15, -0.1) is 11.3 Å². The van der Waals surface area contributed by atoms with Crippen LogP contribution in [0.15, 0.2) is 40.9 Å². The first-order valence-electron chi connectivity index (χ1n) is 9.10. The lowest BCUT2D eigenvalue weighted by Gasteiger charge is -2.22. The highest BCUT2D eigenvalue weighted by Gasteiger charge is 2.35. The zero-order chi connectivity index (χ0) is 20.2. The number of benzene rings is 2. The smallest absolute Gasteiger partial charge is 0.334 e. The average molecular weight is 416 g/mol. The van der Waals surface area contributed by atoms with Crippen LogP contribution in [0.5, 0.6) is 0 Å². The number of aromatic nitrogens is 3. The number of nitrogens with zero attached hydrogens (tertiary/aromatic N) is 3. The van der Waals surface area contributed by atoms with Gasteiger partial charge in [0.05, 0.1) is 10.2 Å². The van der Waals surface area contributed by atoms with Crippen molar-refractivity contribution >= 4 is 21.6 Å². The van der Waals surface area contributed by atoms with E-state index < -0.39 is 11.2 Å². The highest BCUT2D eigenvalue weighted by molar-refractivity contribution is 7.18. The average Bonchev–Trinajstić information content (AvgIpc) is 3.35. The van der Waals surface area contributed by atoms with Gasteiger partial charge < -0.3 is 10.3 Å². The van der Waals surface area contributed by atoms with E-state index in [0.29, 0.717) is 27.5 Å². The molecule has 0 amide bonds. The predicted octanol–water partition coefficient (Wildman–Crippen LogP) is 5.37. The van der Waals surface area contributed by atoms with Gasteiger partial charge in [0.15, 0.2) is 5.01 Å². The van der Waals surface area contributed by atoms with Gasteiger partial charge in [-0.05, 0) is 54.7 Å². The van der Waals surface area contributed by atoms with E-state index in [9.17, 15) is 13.2 Å². The molecular weight excluding hydrogens is 401 g/mol. The van der Waals surface area contributed by atoms with Crippen LogP contribution in [0.4, 0.5) is 13.2 Å². The molecule has 0 aliphatic heterocycles. The molecule has 5 rings (SSSR count). The largest absolute Gasteiger partial charge is 0.443 e. The monoisotopic (exact) mass is 416 g/mol. The van der Waals surface area contributed by atoms with Crippen LogP contribution in [-0.2, 0) is 12.6 Å². The number of hydrogen-bond acceptors (Lipinski definition) is 6. The van der Waals surface area contributed by atoms with Crippen LogP contribution < -0.4 is 5.73 Å². The quantitative estimate of drug-likeness (QED) is 0.475. The Bertz CT molecular complexity index is 1210. The van der Waals surface area contributed by atoms with Crippen LogP contribution >= 0.6 is 11.3 Å². The number of hydrogen-bond donors (Lipinski definition) is 1. The number of thiazole rings is 1. The van der Waals surface area contributed by atoms with E-state index in [-0.39, 0.29) is 17.4 Å². The lowest BCUT2D eigenvalue weighted by atomic mass is 9.87. The number of nitrogens with two attached hydrogens (primary N) is 1. The molecule has 2 N–H and O–H groups in total. The number of aryl methyl sites for hydroxylation is 1. The van der Waals surface area contributed by atoms with Crippen LogP contribution in [0.2, 0.25) is 0 Å². The van der Waals surface area contributed by atoms with Gasteiger partial charge in [-0.3, -0.25) is 0 Å². The molecule has 1 unspecified atom stereocenters. The third-order valence-electron chi connectivity index (χ3n) is 5.08. The molecule has 0 fully saturated rings. The molecular formula is C20H15F3N4OS. The van der Waals surface area contributed by atoms with E-state index in [1.165, 1.54) is 0 Å². The molecule has 0 saturated carbocycles. The van der Waals surface area contributed by atoms with E-state index in [1.807, 2.05) is 18.2 Å². The minimum absolute atomic E-state index is 0.0381. The molecule has 5 nitrogen and oxygen atoms in total. The summed E-state index contributed by atoms with van der Waals surface area (Å²) in [4.78, 5) is 8.18. The van der Waals surface area contributed by atoms with E-state index in [0.717, 1.165) is 36.0 Å². The first-order valence-corrected chi connectivity index (χ1v) is 9.91. The second-order valence-corrected chi connectivity index (χ2v) is 8.04. The van der Waals surface area contributed by atoms with Crippen LogP contribution in [0, 0.1) is 0 Å². The lowest BCUT2D eigenvalue weighted by Crippen LogP contribution is -2.17. The predicted molar refractivity (Wildman–Crippen MR) is 103 cm³/mol. The number of halogens is 3. The van der Waals surface area contributed by atoms with Gasteiger partial charge in [0, 0.05) is 17.2 Å². The zero-order valence-electron chi connectivity index (χ0n) is 15.0. The van der Waals surface area contributed by atoms with Crippen molar-refractivity contribution < 1.29 is 17.7 Å². The molecule has 0 spiro atoms. The summed E-state index contributed by atoms with van der Waals surface area (Å²) in [5, 5.41) is 3.09. The molecule has 2 aromatic heterocycles. The Balaban J connectivity index is 1.55. The van der Waals surface area contributed by atoms with Crippen LogP contribution in [-0.4, -0.2) is 15.1 Å². The molecule has 1 aliphatic carbocycles. The Kier molecular flexibility index (Phi) is 4.18. The second kappa shape index (κ2) is 6.64. The van der Waals surface area contributed by atoms with E-state index >= 15 is 0 Å². The normalized spacial score (nSPS) is 16.9. The maximum atomic E-state index is 13.0. The van der Waals surface area contributed by atoms with Gasteiger partial charge >= 0.3 is 6.18 Å². The zero-order valence-corrected chi connectivity index (χ0v) is 15.8. The summed E-state index contributed by atoms with van der Waals surface area (Å²) in [5.74, 6) is 0.518. The molecule has 0 radical (unpaired) electrons. The molecule has 2 heterocycles. The molecule has 0 saturated heterocycles. The summed E-state index contributed by atoms with van der Waals surface area (Å²) >= 11 is 0.598. The fourth-order valence-electron chi connectivity index (χ4n) is 3.69. The Hall–Kier alpha value is -2.78. The minimum Gasteiger partial charge on any atom is -0.334 e. The number of alkyl halides is 3. The van der Waals surface area contributed by atoms with Gasteiger partial charge in [0.25, 0.3) is 5.89 Å². The highest BCUT2D eigenvalue weighted by Crippen LogP contribution is 2.38. The highest BCUT2D eigenvalue weighted by atomic mass is 32.1. The fourth-order valence-corrected chi connectivity index (χ4v) is 4.55. The first-order chi connectivity index (χ1) is 13.9. The molecule has 2 aromatic carbocycles. The van der Waals surface area contributed by atoms with Crippen molar-refractivity contribution in [2.45, 2.75) is 31.5 Å². The maximum absolute atomic E-state index is 13.0. The summed E-state index contributed by atoms with van der Waals surface area (Å²) in [7, 11) is 0. The van der Waals surface area contributed by atoms with Crippen molar-refractivity contribution in [3.05, 3.63) is 52.5 Å². The van der Waals surface area contributed by atoms with Crippen molar-refractivity contribution in [3.8, 4) is 22.8 Å². The van der Waals surface area contributed by atoms with Gasteiger partial charge in [0.1, 0.15) is 0 Å². The van der Waals surface area contributed by atoms with Gasteiger partial charge in [-0.1, -0.05) is 17.3 Å². The standard InChI is InChI=1S/C20H15F3N4OS/c21-20(22,23)19-25-16-13(4-2-6-15(16)29-19)17-26-18(28-27-17)11-7-8-12-10(9-11)3-1-5-14(12)24/h2,4,6-9,14H,1,3,5,24H2. The Labute approximate surface area is 167 Å². The minimum atomic E-state index is -4.49. The Morgan fingerprint density at radius 1 is 1.14 bits per heavy atom. The summed E-state index contributed by atoms with van der Waals surface area (Å²) in [5.41, 5.74) is 9.84. The summed E-state index contributed by atoms with van der Waals surface area (Å²) in [6.07, 6.45) is -1.56. The molecule has 148 valence electrons. The van der Waals surface area contributed by atoms with Crippen molar-refractivity contribution in [1.82, 2.24) is 15.1 Å². The lowest BCUT2D eigenvalue weighted by molar-refractivity contribution is -0.137. The molecule has 1 atom stereocenters. The third-order valence-corrected chi connectivity index (χ3v) is 6.14. The molecule has 9 heteroatoms. The third kappa shape index (κ3) is 3.20. The maximum Gasteiger partial charge on any atom is 0.443 e. The van der Waals surface area contributed by atoms with Crippen molar-refractivity contribution in [3.63, 3.8) is 0 Å². The SMILES string of the molecule is NC1CCCc2cc(-c3nc(-c4cccc5sc(C(F)(F)F)nc45)no3)ccc21.